The maximum atomic E-state index is 12.5. The predicted octanol–water partition coefficient (Wildman–Crippen LogP) is 22.4. The van der Waals surface area contributed by atoms with Gasteiger partial charge in [0.2, 0.25) is 5.91 Å². The molecule has 452 valence electrons. The van der Waals surface area contributed by atoms with Gasteiger partial charge in [-0.15, -0.1) is 0 Å². The van der Waals surface area contributed by atoms with Crippen LogP contribution in [0.15, 0.2) is 12.2 Å². The molecule has 0 spiro atoms. The Morgan fingerprint density at radius 2 is 0.618 bits per heavy atom. The molecule has 6 nitrogen and oxygen atoms in total. The van der Waals surface area contributed by atoms with Gasteiger partial charge in [-0.05, 0) is 51.4 Å². The third-order valence-electron chi connectivity index (χ3n) is 16.6. The van der Waals surface area contributed by atoms with Crippen LogP contribution < -0.4 is 5.32 Å². The molecule has 0 aromatic rings. The largest absolute Gasteiger partial charge is 0.466 e. The Morgan fingerprint density at radius 3 is 0.934 bits per heavy atom. The lowest BCUT2D eigenvalue weighted by molar-refractivity contribution is -0.143. The van der Waals surface area contributed by atoms with E-state index in [0.29, 0.717) is 25.9 Å². The lowest BCUT2D eigenvalue weighted by Crippen LogP contribution is -2.45. The van der Waals surface area contributed by atoms with E-state index in [0.717, 1.165) is 44.9 Å². The van der Waals surface area contributed by atoms with Gasteiger partial charge in [0.1, 0.15) is 0 Å². The molecule has 76 heavy (non-hydrogen) atoms. The quantitative estimate of drug-likeness (QED) is 0.0320. The highest BCUT2D eigenvalue weighted by molar-refractivity contribution is 5.76. The first kappa shape index (κ1) is 74.6. The number of nitrogens with one attached hydrogen (secondary N) is 1. The van der Waals surface area contributed by atoms with Crippen LogP contribution >= 0.6 is 0 Å². The van der Waals surface area contributed by atoms with Gasteiger partial charge in [0.25, 0.3) is 0 Å². The summed E-state index contributed by atoms with van der Waals surface area (Å²) >= 11 is 0. The summed E-state index contributed by atoms with van der Waals surface area (Å²) in [6, 6.07) is -0.541. The predicted molar refractivity (Wildman–Crippen MR) is 333 cm³/mol. The minimum Gasteiger partial charge on any atom is -0.466 e. The summed E-state index contributed by atoms with van der Waals surface area (Å²) in [7, 11) is 0. The highest BCUT2D eigenvalue weighted by atomic mass is 16.5. The van der Waals surface area contributed by atoms with Crippen LogP contribution in [0.4, 0.5) is 0 Å². The number of hydrogen-bond donors (Lipinski definition) is 3. The number of carbonyl (C=O) groups excluding carboxylic acids is 2. The van der Waals surface area contributed by atoms with E-state index in [9.17, 15) is 19.8 Å². The Morgan fingerprint density at radius 1 is 0.355 bits per heavy atom. The summed E-state index contributed by atoms with van der Waals surface area (Å²) in [6.07, 6.45) is 81.1. The van der Waals surface area contributed by atoms with E-state index in [1.807, 2.05) is 0 Å². The molecule has 2 unspecified atom stereocenters. The van der Waals surface area contributed by atoms with Crippen molar-refractivity contribution in [3.8, 4) is 0 Å². The molecule has 0 saturated heterocycles. The SMILES string of the molecule is CCCCCCCC/C=C\CCCCCCCC(=O)OCCCCCCCCCCCCCCCCCCCCCCCCCCC(=O)NC(CO)C(O)CCCCCCCCCCCCCCCCCCCCCC. The fourth-order valence-electron chi connectivity index (χ4n) is 11.2. The highest BCUT2D eigenvalue weighted by Gasteiger charge is 2.20. The zero-order valence-electron chi connectivity index (χ0n) is 51.8. The van der Waals surface area contributed by atoms with Crippen LogP contribution in [0.2, 0.25) is 0 Å². The summed E-state index contributed by atoms with van der Waals surface area (Å²) < 4.78 is 5.49. The zero-order valence-corrected chi connectivity index (χ0v) is 51.8. The van der Waals surface area contributed by atoms with Gasteiger partial charge >= 0.3 is 5.97 Å². The first-order valence-electron chi connectivity index (χ1n) is 34.9. The molecule has 0 aliphatic carbocycles. The molecule has 0 aromatic heterocycles. The molecule has 1 amide bonds. The van der Waals surface area contributed by atoms with E-state index in [4.69, 9.17) is 4.74 Å². The van der Waals surface area contributed by atoms with Crippen molar-refractivity contribution < 1.29 is 24.5 Å². The molecular weight excluding hydrogens is 935 g/mol. The van der Waals surface area contributed by atoms with Gasteiger partial charge in [-0.1, -0.05) is 347 Å². The fraction of sp³-hybridized carbons (Fsp3) is 0.943. The maximum Gasteiger partial charge on any atom is 0.305 e. The maximum absolute atomic E-state index is 12.5. The van der Waals surface area contributed by atoms with Crippen LogP contribution in [0.25, 0.3) is 0 Å². The highest BCUT2D eigenvalue weighted by Crippen LogP contribution is 2.19. The van der Waals surface area contributed by atoms with Crippen LogP contribution in [0.3, 0.4) is 0 Å². The molecule has 0 saturated carbocycles. The molecule has 0 aliphatic rings. The Bertz CT molecular complexity index is 1140. The molecule has 0 bridgehead atoms. The number of hydrogen-bond acceptors (Lipinski definition) is 5. The first-order chi connectivity index (χ1) is 37.5. The number of allylic oxidation sites excluding steroid dienone is 2. The van der Waals surface area contributed by atoms with Gasteiger partial charge < -0.3 is 20.3 Å². The van der Waals surface area contributed by atoms with E-state index in [1.165, 1.54) is 321 Å². The standard InChI is InChI=1S/C70H137NO5/c1-3-5-7-9-11-13-15-17-19-20-21-28-31-35-38-42-46-50-54-58-62-68(73)67(66-72)71-69(74)63-59-55-51-47-43-39-36-32-29-26-24-22-23-25-27-30-33-37-41-45-49-53-57-61-65-76-70(75)64-60-56-52-48-44-40-34-18-16-14-12-10-8-6-4-2/h18,34,67-68,72-73H,3-17,19-33,35-66H2,1-2H3,(H,71,74)/b34-18-. The summed E-state index contributed by atoms with van der Waals surface area (Å²) in [6.45, 7) is 4.99. The second-order valence-electron chi connectivity index (χ2n) is 24.2. The molecule has 0 rings (SSSR count). The van der Waals surface area contributed by atoms with Crippen molar-refractivity contribution in [1.82, 2.24) is 5.32 Å². The number of esters is 1. The minimum absolute atomic E-state index is 0.00866. The molecular formula is C70H137NO5. The molecule has 6 heteroatoms. The Hall–Kier alpha value is -1.40. The lowest BCUT2D eigenvalue weighted by atomic mass is 10.0. The van der Waals surface area contributed by atoms with Crippen molar-refractivity contribution in [3.05, 3.63) is 12.2 Å². The van der Waals surface area contributed by atoms with Gasteiger partial charge in [-0.2, -0.15) is 0 Å². The van der Waals surface area contributed by atoms with E-state index in [-0.39, 0.29) is 18.5 Å². The summed E-state index contributed by atoms with van der Waals surface area (Å²) in [4.78, 5) is 24.6. The lowest BCUT2D eigenvalue weighted by Gasteiger charge is -2.22. The average molecular weight is 1070 g/mol. The molecule has 0 fully saturated rings. The van der Waals surface area contributed by atoms with Crippen molar-refractivity contribution in [2.45, 2.75) is 411 Å². The van der Waals surface area contributed by atoms with Crippen LogP contribution in [0.1, 0.15) is 399 Å². The number of unbranched alkanes of at least 4 members (excludes halogenated alkanes) is 53. The normalized spacial score (nSPS) is 12.5. The average Bonchev–Trinajstić information content (AvgIpc) is 3.42. The number of aliphatic hydroxyl groups excluding tert-OH is 2. The molecule has 0 aliphatic heterocycles. The Labute approximate surface area is 476 Å². The number of rotatable bonds is 66. The number of amides is 1. The van der Waals surface area contributed by atoms with Gasteiger partial charge in [0.05, 0.1) is 25.4 Å². The third-order valence-corrected chi connectivity index (χ3v) is 16.6. The summed E-state index contributed by atoms with van der Waals surface area (Å²) in [5, 5.41) is 23.4. The number of ether oxygens (including phenoxy) is 1. The molecule has 0 radical (unpaired) electrons. The molecule has 0 aromatic carbocycles. The third kappa shape index (κ3) is 61.8. The molecule has 3 N–H and O–H groups in total. The second kappa shape index (κ2) is 66.1. The van der Waals surface area contributed by atoms with Crippen molar-refractivity contribution >= 4 is 11.9 Å². The van der Waals surface area contributed by atoms with Crippen LogP contribution in [-0.4, -0.2) is 47.4 Å². The van der Waals surface area contributed by atoms with Crippen molar-refractivity contribution in [2.24, 2.45) is 0 Å². The molecule has 2 atom stereocenters. The van der Waals surface area contributed by atoms with Gasteiger partial charge in [-0.3, -0.25) is 9.59 Å². The zero-order chi connectivity index (χ0) is 55.0. The minimum atomic E-state index is -0.664. The van der Waals surface area contributed by atoms with E-state index in [2.05, 4.69) is 31.3 Å². The fourth-order valence-corrected chi connectivity index (χ4v) is 11.2. The van der Waals surface area contributed by atoms with E-state index in [1.54, 1.807) is 0 Å². The van der Waals surface area contributed by atoms with Crippen molar-refractivity contribution in [2.75, 3.05) is 13.2 Å². The topological polar surface area (TPSA) is 95.9 Å². The number of carbonyl (C=O) groups is 2. The van der Waals surface area contributed by atoms with Gasteiger partial charge in [-0.25, -0.2) is 0 Å². The summed E-state index contributed by atoms with van der Waals surface area (Å²) in [5.74, 6) is -0.0206. The van der Waals surface area contributed by atoms with Gasteiger partial charge in [0, 0.05) is 12.8 Å². The molecule has 0 heterocycles. The number of aliphatic hydroxyl groups is 2. The van der Waals surface area contributed by atoms with Crippen molar-refractivity contribution in [1.29, 1.82) is 0 Å². The van der Waals surface area contributed by atoms with Gasteiger partial charge in [0.15, 0.2) is 0 Å². The van der Waals surface area contributed by atoms with E-state index < -0.39 is 12.1 Å². The Kier molecular flexibility index (Phi) is 64.9. The Balaban J connectivity index is 3.36. The van der Waals surface area contributed by atoms with Crippen molar-refractivity contribution in [3.63, 3.8) is 0 Å². The van der Waals surface area contributed by atoms with E-state index >= 15 is 0 Å². The smallest absolute Gasteiger partial charge is 0.305 e. The van der Waals surface area contributed by atoms with Crippen LogP contribution in [-0.2, 0) is 14.3 Å². The first-order valence-corrected chi connectivity index (χ1v) is 34.9. The van der Waals surface area contributed by atoms with Crippen LogP contribution in [0, 0.1) is 0 Å². The van der Waals surface area contributed by atoms with Crippen LogP contribution in [0.5, 0.6) is 0 Å². The second-order valence-corrected chi connectivity index (χ2v) is 24.2. The monoisotopic (exact) mass is 1070 g/mol. The summed E-state index contributed by atoms with van der Waals surface area (Å²) in [5.41, 5.74) is 0.